The standard InChI is InChI=1S/C16H15F2N3O3/c1-9-19-7-6-13(20-9)15(22)21(2)14(16(23)24-3)11-8-10(17)4-5-12(11)18/h4-8,14H,1-3H3. The molecular formula is C16H15F2N3O3. The van der Waals surface area contributed by atoms with Gasteiger partial charge >= 0.3 is 5.97 Å². The second-order valence-electron chi connectivity index (χ2n) is 5.00. The molecule has 1 unspecified atom stereocenters. The fraction of sp³-hybridized carbons (Fsp3) is 0.250. The maximum absolute atomic E-state index is 14.1. The van der Waals surface area contributed by atoms with Gasteiger partial charge in [0.05, 0.1) is 7.11 Å². The summed E-state index contributed by atoms with van der Waals surface area (Å²) in [6.07, 6.45) is 1.39. The van der Waals surface area contributed by atoms with E-state index in [4.69, 9.17) is 0 Å². The number of hydrogen-bond donors (Lipinski definition) is 0. The molecule has 0 aliphatic carbocycles. The third-order valence-electron chi connectivity index (χ3n) is 3.38. The molecule has 0 aliphatic rings. The Kier molecular flexibility index (Phi) is 5.18. The first kappa shape index (κ1) is 17.5. The minimum Gasteiger partial charge on any atom is -0.467 e. The summed E-state index contributed by atoms with van der Waals surface area (Å²) < 4.78 is 32.2. The Morgan fingerprint density at radius 3 is 2.58 bits per heavy atom. The summed E-state index contributed by atoms with van der Waals surface area (Å²) in [5.41, 5.74) is -0.279. The van der Waals surface area contributed by atoms with Crippen LogP contribution < -0.4 is 0 Å². The Bertz CT molecular complexity index is 783. The number of aromatic nitrogens is 2. The number of ether oxygens (including phenoxy) is 1. The van der Waals surface area contributed by atoms with Crippen LogP contribution in [0.25, 0.3) is 0 Å². The molecule has 0 radical (unpaired) electrons. The Hall–Kier alpha value is -2.90. The van der Waals surface area contributed by atoms with Crippen LogP contribution in [0, 0.1) is 18.6 Å². The summed E-state index contributed by atoms with van der Waals surface area (Å²) in [5, 5.41) is 0. The zero-order valence-electron chi connectivity index (χ0n) is 13.3. The van der Waals surface area contributed by atoms with Crippen molar-refractivity contribution in [1.82, 2.24) is 14.9 Å². The molecule has 1 atom stereocenters. The molecule has 1 aromatic heterocycles. The Morgan fingerprint density at radius 1 is 1.25 bits per heavy atom. The van der Waals surface area contributed by atoms with E-state index in [-0.39, 0.29) is 11.3 Å². The molecule has 1 heterocycles. The lowest BCUT2D eigenvalue weighted by molar-refractivity contribution is -0.146. The number of methoxy groups -OCH3 is 1. The van der Waals surface area contributed by atoms with Crippen molar-refractivity contribution >= 4 is 11.9 Å². The highest BCUT2D eigenvalue weighted by Crippen LogP contribution is 2.26. The monoisotopic (exact) mass is 335 g/mol. The van der Waals surface area contributed by atoms with Gasteiger partial charge < -0.3 is 9.64 Å². The third kappa shape index (κ3) is 3.53. The zero-order valence-corrected chi connectivity index (χ0v) is 13.3. The van der Waals surface area contributed by atoms with Crippen molar-refractivity contribution in [1.29, 1.82) is 0 Å². The number of esters is 1. The van der Waals surface area contributed by atoms with E-state index in [0.717, 1.165) is 30.2 Å². The highest BCUT2D eigenvalue weighted by molar-refractivity contribution is 5.95. The van der Waals surface area contributed by atoms with E-state index in [2.05, 4.69) is 14.7 Å². The van der Waals surface area contributed by atoms with Gasteiger partial charge in [-0.2, -0.15) is 0 Å². The first-order valence-electron chi connectivity index (χ1n) is 6.94. The molecule has 6 nitrogen and oxygen atoms in total. The van der Waals surface area contributed by atoms with Crippen LogP contribution in [-0.2, 0) is 9.53 Å². The lowest BCUT2D eigenvalue weighted by Crippen LogP contribution is -2.37. The summed E-state index contributed by atoms with van der Waals surface area (Å²) in [7, 11) is 2.38. The van der Waals surface area contributed by atoms with E-state index in [1.807, 2.05) is 0 Å². The lowest BCUT2D eigenvalue weighted by atomic mass is 10.0. The quantitative estimate of drug-likeness (QED) is 0.800. The second-order valence-corrected chi connectivity index (χ2v) is 5.00. The molecule has 0 bridgehead atoms. The predicted molar refractivity (Wildman–Crippen MR) is 80.0 cm³/mol. The Balaban J connectivity index is 2.46. The highest BCUT2D eigenvalue weighted by Gasteiger charge is 2.33. The molecule has 0 saturated carbocycles. The van der Waals surface area contributed by atoms with E-state index in [0.29, 0.717) is 5.82 Å². The molecule has 0 aliphatic heterocycles. The van der Waals surface area contributed by atoms with Crippen LogP contribution in [0.2, 0.25) is 0 Å². The van der Waals surface area contributed by atoms with Crippen molar-refractivity contribution in [3.63, 3.8) is 0 Å². The summed E-state index contributed by atoms with van der Waals surface area (Å²) in [5.74, 6) is -2.76. The third-order valence-corrected chi connectivity index (χ3v) is 3.38. The topological polar surface area (TPSA) is 72.4 Å². The highest BCUT2D eigenvalue weighted by atomic mass is 19.1. The largest absolute Gasteiger partial charge is 0.467 e. The van der Waals surface area contributed by atoms with Gasteiger partial charge in [-0.05, 0) is 31.2 Å². The average Bonchev–Trinajstić information content (AvgIpc) is 2.57. The van der Waals surface area contributed by atoms with E-state index in [1.54, 1.807) is 6.92 Å². The number of likely N-dealkylation sites (N-methyl/N-ethyl adjacent to an activating group) is 1. The zero-order chi connectivity index (χ0) is 17.9. The van der Waals surface area contributed by atoms with Crippen molar-refractivity contribution in [3.8, 4) is 0 Å². The van der Waals surface area contributed by atoms with Crippen molar-refractivity contribution in [2.45, 2.75) is 13.0 Å². The van der Waals surface area contributed by atoms with Gasteiger partial charge in [-0.1, -0.05) is 0 Å². The molecule has 0 N–H and O–H groups in total. The normalized spacial score (nSPS) is 11.7. The SMILES string of the molecule is COC(=O)C(c1cc(F)ccc1F)N(C)C(=O)c1ccnc(C)n1. The first-order valence-corrected chi connectivity index (χ1v) is 6.94. The molecule has 1 amide bonds. The molecule has 2 rings (SSSR count). The van der Waals surface area contributed by atoms with Crippen LogP contribution >= 0.6 is 0 Å². The van der Waals surface area contributed by atoms with Gasteiger partial charge in [0.1, 0.15) is 23.2 Å². The molecule has 2 aromatic rings. The number of aryl methyl sites for hydroxylation is 1. The summed E-state index contributed by atoms with van der Waals surface area (Å²) in [6, 6.07) is 2.57. The van der Waals surface area contributed by atoms with Crippen molar-refractivity contribution in [2.24, 2.45) is 0 Å². The van der Waals surface area contributed by atoms with Crippen molar-refractivity contribution in [2.75, 3.05) is 14.2 Å². The molecule has 0 spiro atoms. The lowest BCUT2D eigenvalue weighted by Gasteiger charge is -2.26. The van der Waals surface area contributed by atoms with Crippen LogP contribution in [0.1, 0.15) is 27.9 Å². The molecule has 126 valence electrons. The summed E-state index contributed by atoms with van der Waals surface area (Å²) in [4.78, 5) is 33.4. The van der Waals surface area contributed by atoms with Gasteiger partial charge in [-0.25, -0.2) is 23.5 Å². The molecule has 24 heavy (non-hydrogen) atoms. The van der Waals surface area contributed by atoms with Crippen LogP contribution in [0.4, 0.5) is 8.78 Å². The molecule has 1 aromatic carbocycles. The number of rotatable bonds is 4. The maximum atomic E-state index is 14.1. The Labute approximate surface area is 137 Å². The van der Waals surface area contributed by atoms with E-state index >= 15 is 0 Å². The molecule has 0 saturated heterocycles. The fourth-order valence-corrected chi connectivity index (χ4v) is 2.20. The van der Waals surface area contributed by atoms with Gasteiger partial charge in [-0.15, -0.1) is 0 Å². The van der Waals surface area contributed by atoms with Gasteiger partial charge in [0.25, 0.3) is 5.91 Å². The number of halogens is 2. The van der Waals surface area contributed by atoms with Crippen molar-refractivity contribution in [3.05, 3.63) is 59.2 Å². The minimum absolute atomic E-state index is 0.0238. The number of carbonyl (C=O) groups is 2. The number of hydrogen-bond acceptors (Lipinski definition) is 5. The first-order chi connectivity index (χ1) is 11.3. The second kappa shape index (κ2) is 7.12. The average molecular weight is 335 g/mol. The van der Waals surface area contributed by atoms with Gasteiger partial charge in [0, 0.05) is 18.8 Å². The van der Waals surface area contributed by atoms with Crippen LogP contribution in [0.5, 0.6) is 0 Å². The van der Waals surface area contributed by atoms with Gasteiger partial charge in [-0.3, -0.25) is 4.79 Å². The number of benzene rings is 1. The van der Waals surface area contributed by atoms with Gasteiger partial charge in [0.15, 0.2) is 6.04 Å². The maximum Gasteiger partial charge on any atom is 0.333 e. The van der Waals surface area contributed by atoms with Crippen LogP contribution in [0.15, 0.2) is 30.5 Å². The molecular weight excluding hydrogens is 320 g/mol. The van der Waals surface area contributed by atoms with E-state index in [9.17, 15) is 18.4 Å². The minimum atomic E-state index is -1.45. The van der Waals surface area contributed by atoms with Crippen LogP contribution in [-0.4, -0.2) is 40.9 Å². The number of carbonyl (C=O) groups excluding carboxylic acids is 2. The molecule has 0 fully saturated rings. The Morgan fingerprint density at radius 2 is 1.96 bits per heavy atom. The van der Waals surface area contributed by atoms with Crippen molar-refractivity contribution < 1.29 is 23.1 Å². The smallest absolute Gasteiger partial charge is 0.333 e. The summed E-state index contributed by atoms with van der Waals surface area (Å²) in [6.45, 7) is 1.60. The van der Waals surface area contributed by atoms with E-state index < -0.39 is 29.6 Å². The van der Waals surface area contributed by atoms with E-state index in [1.165, 1.54) is 19.3 Å². The molecule has 8 heteroatoms. The summed E-state index contributed by atoms with van der Waals surface area (Å²) >= 11 is 0. The fourth-order valence-electron chi connectivity index (χ4n) is 2.20. The van der Waals surface area contributed by atoms with Crippen LogP contribution in [0.3, 0.4) is 0 Å². The number of nitrogens with zero attached hydrogens (tertiary/aromatic N) is 3. The number of amides is 1. The predicted octanol–water partition coefficient (Wildman–Crippen LogP) is 2.05. The van der Waals surface area contributed by atoms with Gasteiger partial charge in [0.2, 0.25) is 0 Å².